The minimum absolute atomic E-state index is 1.29. The van der Waals surface area contributed by atoms with Gasteiger partial charge in [0, 0.05) is 0 Å². The maximum atomic E-state index is 2.16. The van der Waals surface area contributed by atoms with Gasteiger partial charge in [0.15, 0.2) is 0 Å². The normalized spacial score (nSPS) is 15.0. The highest BCUT2D eigenvalue weighted by Crippen LogP contribution is 2.24. The van der Waals surface area contributed by atoms with Gasteiger partial charge < -0.3 is 0 Å². The summed E-state index contributed by atoms with van der Waals surface area (Å²) in [5, 5.41) is 0. The summed E-state index contributed by atoms with van der Waals surface area (Å²) in [6.45, 7) is 2.14. The molecule has 0 nitrogen and oxygen atoms in total. The lowest BCUT2D eigenvalue weighted by molar-refractivity contribution is 1.40. The quantitative estimate of drug-likeness (QED) is 0.564. The summed E-state index contributed by atoms with van der Waals surface area (Å²) in [7, 11) is 0. The fourth-order valence-corrected chi connectivity index (χ4v) is 1.51. The molecule has 1 aliphatic rings. The van der Waals surface area contributed by atoms with Gasteiger partial charge in [-0.25, -0.2) is 18.6 Å². The summed E-state index contributed by atoms with van der Waals surface area (Å²) in [5.41, 5.74) is 3.94. The van der Waals surface area contributed by atoms with Gasteiger partial charge in [-0.05, 0) is 18.1 Å². The average molecular weight is 168 g/mol. The van der Waals surface area contributed by atoms with Gasteiger partial charge in [0.2, 0.25) is 0 Å². The molecule has 65 valence electrons. The number of hydrogen-bond acceptors (Lipinski definition) is 0. The number of rotatable bonds is 1. The van der Waals surface area contributed by atoms with Crippen LogP contribution in [-0.2, 0) is 0 Å². The Hall–Kier alpha value is -1.43. The molecule has 0 aromatic heterocycles. The molecule has 0 saturated carbocycles. The summed E-state index contributed by atoms with van der Waals surface area (Å²) in [4.78, 5) is 0. The van der Waals surface area contributed by atoms with Crippen LogP contribution in [0.25, 0.3) is 5.57 Å². The van der Waals surface area contributed by atoms with E-state index in [0.717, 1.165) is 0 Å². The van der Waals surface area contributed by atoms with E-state index < -0.39 is 0 Å². The Morgan fingerprint density at radius 1 is 1.15 bits per heavy atom. The lowest BCUT2D eigenvalue weighted by atomic mass is 9.94. The molecule has 0 bridgehead atoms. The zero-order chi connectivity index (χ0) is 9.10. The smallest absolute Gasteiger partial charge is 0.0220 e. The van der Waals surface area contributed by atoms with Gasteiger partial charge in [0.25, 0.3) is 0 Å². The van der Waals surface area contributed by atoms with Crippen molar-refractivity contribution >= 4 is 5.57 Å². The predicted molar refractivity (Wildman–Crippen MR) is 56.9 cm³/mol. The van der Waals surface area contributed by atoms with Crippen molar-refractivity contribution in [3.8, 4) is 0 Å². The highest BCUT2D eigenvalue weighted by Gasteiger charge is 2.00. The van der Waals surface area contributed by atoms with Gasteiger partial charge in [-0.3, -0.25) is 0 Å². The molecule has 0 unspecified atom stereocenters. The lowest BCUT2D eigenvalue weighted by Crippen LogP contribution is -1.91. The average Bonchev–Trinajstić information content (AvgIpc) is 2.20. The zero-order valence-corrected chi connectivity index (χ0v) is 7.70. The first kappa shape index (κ1) is 8.18. The molecule has 1 aromatic rings. The first-order valence-corrected chi connectivity index (χ1v) is 4.49. The van der Waals surface area contributed by atoms with Crippen LogP contribution < -0.4 is 0 Å². The van der Waals surface area contributed by atoms with Crippen LogP contribution in [-0.4, -0.2) is 0 Å². The first-order chi connectivity index (χ1) is 6.38. The lowest BCUT2D eigenvalue weighted by Gasteiger charge is -2.16. The van der Waals surface area contributed by atoms with E-state index in [2.05, 4.69) is 56.2 Å². The molecule has 0 heterocycles. The number of hydrogen-bond donors (Lipinski definition) is 0. The van der Waals surface area contributed by atoms with Crippen molar-refractivity contribution in [3.05, 3.63) is 66.5 Å². The van der Waals surface area contributed by atoms with Crippen molar-refractivity contribution in [1.82, 2.24) is 0 Å². The molecular weight excluding hydrogens is 156 g/mol. The minimum Gasteiger partial charge on any atom is -0.228 e. The molecule has 2 rings (SSSR count). The molecule has 13 heavy (non-hydrogen) atoms. The summed E-state index contributed by atoms with van der Waals surface area (Å²) in [5.74, 6) is 0. The SMILES string of the molecule is Cc1ccccc1C1=CC=C[CH-][CH]1. The van der Waals surface area contributed by atoms with Crippen LogP contribution in [0.2, 0.25) is 0 Å². The molecule has 0 N–H and O–H groups in total. The summed E-state index contributed by atoms with van der Waals surface area (Å²) < 4.78 is 0. The van der Waals surface area contributed by atoms with Gasteiger partial charge in [0.05, 0.1) is 0 Å². The molecule has 0 aliphatic heterocycles. The minimum atomic E-state index is 1.29. The molecule has 1 radical (unpaired) electrons. The van der Waals surface area contributed by atoms with Crippen molar-refractivity contribution < 1.29 is 0 Å². The van der Waals surface area contributed by atoms with Gasteiger partial charge in [-0.2, -0.15) is 0 Å². The molecule has 1 aromatic carbocycles. The molecule has 0 spiro atoms. The molecule has 0 fully saturated rings. The number of allylic oxidation sites excluding steroid dienone is 4. The Morgan fingerprint density at radius 3 is 2.69 bits per heavy atom. The van der Waals surface area contributed by atoms with E-state index in [1.165, 1.54) is 16.7 Å². The van der Waals surface area contributed by atoms with Crippen molar-refractivity contribution in [2.75, 3.05) is 0 Å². The topological polar surface area (TPSA) is 0 Å². The van der Waals surface area contributed by atoms with Gasteiger partial charge in [-0.15, -0.1) is 6.08 Å². The summed E-state index contributed by atoms with van der Waals surface area (Å²) >= 11 is 0. The van der Waals surface area contributed by atoms with Gasteiger partial charge in [-0.1, -0.05) is 36.3 Å². The third-order valence-corrected chi connectivity index (χ3v) is 2.23. The maximum absolute atomic E-state index is 2.16. The van der Waals surface area contributed by atoms with E-state index in [0.29, 0.717) is 0 Å². The largest absolute Gasteiger partial charge is 0.228 e. The molecule has 0 saturated heterocycles. The van der Waals surface area contributed by atoms with Crippen LogP contribution in [0.3, 0.4) is 0 Å². The monoisotopic (exact) mass is 168 g/mol. The van der Waals surface area contributed by atoms with E-state index in [9.17, 15) is 0 Å². The number of benzene rings is 1. The second kappa shape index (κ2) is 3.53. The fourth-order valence-electron chi connectivity index (χ4n) is 1.51. The van der Waals surface area contributed by atoms with E-state index in [1.807, 2.05) is 6.08 Å². The van der Waals surface area contributed by atoms with E-state index in [1.54, 1.807) is 0 Å². The maximum Gasteiger partial charge on any atom is -0.0220 e. The molecule has 0 atom stereocenters. The second-order valence-corrected chi connectivity index (χ2v) is 3.18. The third kappa shape index (κ3) is 1.67. The third-order valence-electron chi connectivity index (χ3n) is 2.23. The standard InChI is InChI=1S/C13H12/c1-11-7-5-6-10-13(11)12-8-3-2-4-9-12/h2-10H,1H3/q-1. The van der Waals surface area contributed by atoms with Crippen LogP contribution >= 0.6 is 0 Å². The van der Waals surface area contributed by atoms with E-state index >= 15 is 0 Å². The summed E-state index contributed by atoms with van der Waals surface area (Å²) in [6.07, 6.45) is 10.5. The number of aryl methyl sites for hydroxylation is 1. The molecule has 0 heteroatoms. The van der Waals surface area contributed by atoms with E-state index in [-0.39, 0.29) is 0 Å². The van der Waals surface area contributed by atoms with Crippen molar-refractivity contribution in [2.45, 2.75) is 6.92 Å². The van der Waals surface area contributed by atoms with E-state index in [4.69, 9.17) is 0 Å². The van der Waals surface area contributed by atoms with Gasteiger partial charge in [0.1, 0.15) is 0 Å². The van der Waals surface area contributed by atoms with Crippen molar-refractivity contribution in [1.29, 1.82) is 0 Å². The Morgan fingerprint density at radius 2 is 2.00 bits per heavy atom. The predicted octanol–water partition coefficient (Wildman–Crippen LogP) is 3.36. The Balaban J connectivity index is 2.40. The Bertz CT molecular complexity index is 356. The Kier molecular flexibility index (Phi) is 2.22. The summed E-state index contributed by atoms with van der Waals surface area (Å²) in [6, 6.07) is 8.45. The molecular formula is C13H12-. The highest BCUT2D eigenvalue weighted by atomic mass is 14.1. The van der Waals surface area contributed by atoms with Crippen LogP contribution in [0.4, 0.5) is 0 Å². The first-order valence-electron chi connectivity index (χ1n) is 4.49. The van der Waals surface area contributed by atoms with Crippen LogP contribution in [0.1, 0.15) is 11.1 Å². The molecule has 1 aliphatic carbocycles. The van der Waals surface area contributed by atoms with Crippen LogP contribution in [0.5, 0.6) is 0 Å². The van der Waals surface area contributed by atoms with Crippen LogP contribution in [0.15, 0.2) is 42.5 Å². The second-order valence-electron chi connectivity index (χ2n) is 3.18. The zero-order valence-electron chi connectivity index (χ0n) is 7.70. The Labute approximate surface area is 79.6 Å². The van der Waals surface area contributed by atoms with Crippen LogP contribution in [0, 0.1) is 19.8 Å². The highest BCUT2D eigenvalue weighted by molar-refractivity contribution is 5.77. The van der Waals surface area contributed by atoms with Gasteiger partial charge >= 0.3 is 0 Å². The van der Waals surface area contributed by atoms with Crippen molar-refractivity contribution in [3.63, 3.8) is 0 Å². The fraction of sp³-hybridized carbons (Fsp3) is 0.0769. The molecule has 0 amide bonds. The van der Waals surface area contributed by atoms with Crippen molar-refractivity contribution in [2.24, 2.45) is 0 Å².